The second-order valence-electron chi connectivity index (χ2n) is 8.11. The largest absolute Gasteiger partial charge is 0.479 e. The lowest BCUT2D eigenvalue weighted by Gasteiger charge is -2.35. The lowest BCUT2D eigenvalue weighted by molar-refractivity contribution is 0.00578. The van der Waals surface area contributed by atoms with Crippen molar-refractivity contribution in [2.45, 2.75) is 51.9 Å². The minimum Gasteiger partial charge on any atom is -0.404 e. The Kier molecular flexibility index (Phi) is 5.50. The Hall–Kier alpha value is -1.66. The van der Waals surface area contributed by atoms with Crippen molar-refractivity contribution in [3.8, 4) is 0 Å². The first-order chi connectivity index (χ1) is 12.7. The Morgan fingerprint density at radius 3 is 1.67 bits per heavy atom. The Labute approximate surface area is 164 Å². The second kappa shape index (κ2) is 7.40. The maximum atomic E-state index is 6.80. The van der Waals surface area contributed by atoms with Gasteiger partial charge in [-0.25, -0.2) is 0 Å². The third kappa shape index (κ3) is 3.57. The monoisotopic (exact) mass is 380 g/mol. The first-order valence-corrected chi connectivity index (χ1v) is 11.5. The highest BCUT2D eigenvalue weighted by atomic mass is 28.3. The van der Waals surface area contributed by atoms with Crippen LogP contribution in [0.25, 0.3) is 0 Å². The van der Waals surface area contributed by atoms with Gasteiger partial charge < -0.3 is 13.7 Å². The highest BCUT2D eigenvalue weighted by Gasteiger charge is 2.64. The molecule has 142 valence electrons. The third-order valence-corrected chi connectivity index (χ3v) is 9.72. The number of hydrogen-bond donors (Lipinski definition) is 0. The van der Waals surface area contributed by atoms with Crippen LogP contribution in [0, 0.1) is 0 Å². The molecule has 27 heavy (non-hydrogen) atoms. The van der Waals surface area contributed by atoms with E-state index in [1.54, 1.807) is 0 Å². The van der Waals surface area contributed by atoms with Crippen molar-refractivity contribution in [2.75, 3.05) is 0 Å². The molecule has 1 saturated heterocycles. The first kappa shape index (κ1) is 20.1. The Balaban J connectivity index is 2.23. The molecule has 1 aliphatic rings. The minimum atomic E-state index is -2.89. The molecule has 5 heteroatoms. The summed E-state index contributed by atoms with van der Waals surface area (Å²) in [6, 6.07) is 20.7. The quantitative estimate of drug-likeness (QED) is 0.567. The van der Waals surface area contributed by atoms with Crippen LogP contribution in [0.15, 0.2) is 73.3 Å². The van der Waals surface area contributed by atoms with E-state index in [-0.39, 0.29) is 6.10 Å². The summed E-state index contributed by atoms with van der Waals surface area (Å²) in [6.45, 7) is 13.8. The Bertz CT molecular complexity index is 721. The first-order valence-electron chi connectivity index (χ1n) is 9.50. The average molecular weight is 380 g/mol. The molecule has 0 saturated carbocycles. The molecule has 2 aromatic carbocycles. The summed E-state index contributed by atoms with van der Waals surface area (Å²) < 4.78 is 19.9. The molecular weight excluding hydrogens is 351 g/mol. The molecule has 1 atom stereocenters. The minimum absolute atomic E-state index is 0.129. The summed E-state index contributed by atoms with van der Waals surface area (Å²) in [4.78, 5) is 0. The summed E-state index contributed by atoms with van der Waals surface area (Å²) in [7, 11) is -2.89. The topological polar surface area (TPSA) is 27.7 Å². The molecule has 3 nitrogen and oxygen atoms in total. The van der Waals surface area contributed by atoms with E-state index in [1.165, 1.54) is 0 Å². The molecule has 1 aliphatic heterocycles. The molecular formula is C22H29BO3Si. The van der Waals surface area contributed by atoms with E-state index in [0.29, 0.717) is 0 Å². The lowest BCUT2D eigenvalue weighted by atomic mass is 9.90. The fourth-order valence-corrected chi connectivity index (χ4v) is 7.59. The van der Waals surface area contributed by atoms with Crippen LogP contribution in [0.3, 0.4) is 0 Å². The van der Waals surface area contributed by atoms with E-state index in [2.05, 4.69) is 58.5 Å². The van der Waals surface area contributed by atoms with E-state index in [9.17, 15) is 0 Å². The molecule has 0 aromatic heterocycles. The molecule has 0 spiro atoms. The van der Waals surface area contributed by atoms with Gasteiger partial charge in [-0.3, -0.25) is 0 Å². The molecule has 0 amide bonds. The van der Waals surface area contributed by atoms with Crippen molar-refractivity contribution in [1.82, 2.24) is 0 Å². The van der Waals surface area contributed by atoms with Crippen LogP contribution in [0.5, 0.6) is 0 Å². The van der Waals surface area contributed by atoms with Crippen LogP contribution in [-0.4, -0.2) is 32.2 Å². The second-order valence-corrected chi connectivity index (χ2v) is 11.4. The molecule has 0 aliphatic carbocycles. The molecule has 0 radical (unpaired) electrons. The highest BCUT2D eigenvalue weighted by Crippen LogP contribution is 2.39. The van der Waals surface area contributed by atoms with Gasteiger partial charge in [0, 0.05) is 0 Å². The molecule has 0 bridgehead atoms. The van der Waals surface area contributed by atoms with E-state index in [4.69, 9.17) is 13.7 Å². The van der Waals surface area contributed by atoms with Crippen LogP contribution in [0.1, 0.15) is 34.6 Å². The zero-order valence-electron chi connectivity index (χ0n) is 16.9. The number of hydrogen-bond acceptors (Lipinski definition) is 3. The van der Waals surface area contributed by atoms with Gasteiger partial charge in [0.25, 0.3) is 8.19 Å². The normalized spacial score (nSPS) is 19.7. The van der Waals surface area contributed by atoms with Crippen LogP contribution in [0.2, 0.25) is 0 Å². The van der Waals surface area contributed by atoms with Crippen molar-refractivity contribution in [1.29, 1.82) is 0 Å². The van der Waals surface area contributed by atoms with Gasteiger partial charge in [0.15, 0.2) is 0 Å². The van der Waals surface area contributed by atoms with Crippen LogP contribution >= 0.6 is 0 Å². The van der Waals surface area contributed by atoms with Crippen LogP contribution in [-0.2, 0) is 13.7 Å². The number of rotatable bonds is 6. The Morgan fingerprint density at radius 1 is 0.889 bits per heavy atom. The summed E-state index contributed by atoms with van der Waals surface area (Å²) in [5, 5.41) is 2.26. The van der Waals surface area contributed by atoms with Gasteiger partial charge in [-0.15, -0.1) is 6.58 Å². The third-order valence-electron chi connectivity index (χ3n) is 5.69. The van der Waals surface area contributed by atoms with E-state index in [1.807, 2.05) is 49.4 Å². The zero-order valence-corrected chi connectivity index (χ0v) is 17.9. The van der Waals surface area contributed by atoms with Crippen molar-refractivity contribution in [2.24, 2.45) is 0 Å². The average Bonchev–Trinajstić information content (AvgIpc) is 2.88. The van der Waals surface area contributed by atoms with Crippen molar-refractivity contribution in [3.05, 3.63) is 73.3 Å². The van der Waals surface area contributed by atoms with Gasteiger partial charge in [0.05, 0.1) is 17.3 Å². The molecule has 2 aromatic rings. The maximum Gasteiger partial charge on any atom is 0.479 e. The van der Waals surface area contributed by atoms with Gasteiger partial charge >= 0.3 is 6.71 Å². The van der Waals surface area contributed by atoms with Crippen LogP contribution in [0.4, 0.5) is 0 Å². The molecule has 3 rings (SSSR count). The van der Waals surface area contributed by atoms with Gasteiger partial charge in [-0.1, -0.05) is 66.7 Å². The molecule has 1 fully saturated rings. The number of benzene rings is 2. The highest BCUT2D eigenvalue weighted by molar-refractivity contribution is 7.37. The van der Waals surface area contributed by atoms with Gasteiger partial charge in [0.2, 0.25) is 0 Å². The van der Waals surface area contributed by atoms with Gasteiger partial charge in [-0.2, -0.15) is 0 Å². The lowest BCUT2D eigenvalue weighted by Crippen LogP contribution is -2.73. The summed E-state index contributed by atoms with van der Waals surface area (Å²) >= 11 is 0. The van der Waals surface area contributed by atoms with E-state index < -0.39 is 26.1 Å². The molecule has 1 heterocycles. The Morgan fingerprint density at radius 2 is 1.30 bits per heavy atom. The van der Waals surface area contributed by atoms with Gasteiger partial charge in [-0.05, 0) is 45.0 Å². The van der Waals surface area contributed by atoms with Gasteiger partial charge in [0.1, 0.15) is 0 Å². The zero-order chi connectivity index (χ0) is 19.7. The molecule has 1 unspecified atom stereocenters. The van der Waals surface area contributed by atoms with Crippen molar-refractivity contribution < 1.29 is 13.7 Å². The van der Waals surface area contributed by atoms with Crippen molar-refractivity contribution >= 4 is 25.3 Å². The van der Waals surface area contributed by atoms with E-state index >= 15 is 0 Å². The SMILES string of the molecule is C=CC(C)O[Si](B1OC(C)(C)C(C)(C)O1)(c1ccccc1)c1ccccc1. The summed E-state index contributed by atoms with van der Waals surface area (Å²) in [5.41, 5.74) is -0.861. The van der Waals surface area contributed by atoms with E-state index in [0.717, 1.165) is 10.4 Å². The molecule has 0 N–H and O–H groups in total. The summed E-state index contributed by atoms with van der Waals surface area (Å²) in [6.07, 6.45) is 1.70. The maximum absolute atomic E-state index is 6.80. The standard InChI is InChI=1S/C22H29BO3Si/c1-7-18(2)24-27(19-14-10-8-11-15-19,20-16-12-9-13-17-20)23-25-21(3,4)22(5,6)26-23/h7-18H,1H2,2-6H3. The smallest absolute Gasteiger partial charge is 0.404 e. The fraction of sp³-hybridized carbons (Fsp3) is 0.364. The predicted molar refractivity (Wildman–Crippen MR) is 115 cm³/mol. The van der Waals surface area contributed by atoms with Crippen LogP contribution < -0.4 is 10.4 Å². The van der Waals surface area contributed by atoms with Crippen molar-refractivity contribution in [3.63, 3.8) is 0 Å². The fourth-order valence-electron chi connectivity index (χ4n) is 3.35. The predicted octanol–water partition coefficient (Wildman–Crippen LogP) is 3.51. The summed E-state index contributed by atoms with van der Waals surface area (Å²) in [5.74, 6) is 0.